The first-order valence-corrected chi connectivity index (χ1v) is 8.58. The van der Waals surface area contributed by atoms with Gasteiger partial charge in [-0.2, -0.15) is 0 Å². The van der Waals surface area contributed by atoms with Gasteiger partial charge in [0, 0.05) is 6.42 Å². The Morgan fingerprint density at radius 3 is 2.43 bits per heavy atom. The molecule has 1 saturated carbocycles. The molecule has 126 valence electrons. The first-order chi connectivity index (χ1) is 11.0. The van der Waals surface area contributed by atoms with Gasteiger partial charge in [0.1, 0.15) is 0 Å². The first-order valence-electron chi connectivity index (χ1n) is 8.58. The van der Waals surface area contributed by atoms with Gasteiger partial charge in [-0.05, 0) is 38.2 Å². The zero-order valence-corrected chi connectivity index (χ0v) is 14.1. The van der Waals surface area contributed by atoms with Gasteiger partial charge in [-0.25, -0.2) is 0 Å². The Morgan fingerprint density at radius 2 is 1.83 bits per heavy atom. The van der Waals surface area contributed by atoms with Crippen molar-refractivity contribution >= 4 is 11.9 Å². The van der Waals surface area contributed by atoms with E-state index >= 15 is 0 Å². The molecule has 1 atom stereocenters. The van der Waals surface area contributed by atoms with Crippen molar-refractivity contribution in [3.63, 3.8) is 0 Å². The van der Waals surface area contributed by atoms with Crippen molar-refractivity contribution < 1.29 is 14.3 Å². The van der Waals surface area contributed by atoms with E-state index in [1.807, 2.05) is 44.2 Å². The van der Waals surface area contributed by atoms with Crippen LogP contribution in [0.25, 0.3) is 0 Å². The smallest absolute Gasteiger partial charge is 0.308 e. The zero-order valence-electron chi connectivity index (χ0n) is 14.1. The number of hydrogen-bond donors (Lipinski definition) is 1. The lowest BCUT2D eigenvalue weighted by Crippen LogP contribution is -2.32. The van der Waals surface area contributed by atoms with Gasteiger partial charge in [0.15, 0.2) is 0 Å². The second-order valence-corrected chi connectivity index (χ2v) is 6.63. The molecule has 1 aliphatic carbocycles. The Hall–Kier alpha value is -1.84. The fourth-order valence-electron chi connectivity index (χ4n) is 3.15. The summed E-state index contributed by atoms with van der Waals surface area (Å²) in [7, 11) is 0. The van der Waals surface area contributed by atoms with E-state index in [0.717, 1.165) is 18.4 Å². The molecule has 2 rings (SSSR count). The summed E-state index contributed by atoms with van der Waals surface area (Å²) in [6, 6.07) is 9.30. The SMILES string of the molecule is CC(C)OC(=O)CC(NC(=O)CC1CCCC1)c1ccccc1. The summed E-state index contributed by atoms with van der Waals surface area (Å²) < 4.78 is 5.23. The van der Waals surface area contributed by atoms with Crippen LogP contribution >= 0.6 is 0 Å². The molecule has 0 radical (unpaired) electrons. The van der Waals surface area contributed by atoms with E-state index in [1.165, 1.54) is 12.8 Å². The summed E-state index contributed by atoms with van der Waals surface area (Å²) >= 11 is 0. The third kappa shape index (κ3) is 6.05. The van der Waals surface area contributed by atoms with Crippen LogP contribution in [0.15, 0.2) is 30.3 Å². The lowest BCUT2D eigenvalue weighted by Gasteiger charge is -2.20. The van der Waals surface area contributed by atoms with Gasteiger partial charge in [-0.3, -0.25) is 9.59 Å². The highest BCUT2D eigenvalue weighted by atomic mass is 16.5. The molecule has 23 heavy (non-hydrogen) atoms. The molecule has 1 aromatic rings. The number of ether oxygens (including phenoxy) is 1. The first kappa shape index (κ1) is 17.5. The van der Waals surface area contributed by atoms with E-state index in [9.17, 15) is 9.59 Å². The van der Waals surface area contributed by atoms with Gasteiger partial charge in [0.05, 0.1) is 18.6 Å². The number of rotatable bonds is 7. The number of benzene rings is 1. The second kappa shape index (κ2) is 8.70. The molecule has 4 nitrogen and oxygen atoms in total. The van der Waals surface area contributed by atoms with Crippen LogP contribution in [0.2, 0.25) is 0 Å². The van der Waals surface area contributed by atoms with Crippen molar-refractivity contribution in [3.8, 4) is 0 Å². The fourth-order valence-corrected chi connectivity index (χ4v) is 3.15. The minimum Gasteiger partial charge on any atom is -0.463 e. The highest BCUT2D eigenvalue weighted by Crippen LogP contribution is 2.28. The van der Waals surface area contributed by atoms with Crippen molar-refractivity contribution in [1.29, 1.82) is 0 Å². The van der Waals surface area contributed by atoms with E-state index in [2.05, 4.69) is 5.32 Å². The Balaban J connectivity index is 1.98. The van der Waals surface area contributed by atoms with E-state index in [-0.39, 0.29) is 30.4 Å². The van der Waals surface area contributed by atoms with Crippen molar-refractivity contribution in [2.75, 3.05) is 0 Å². The lowest BCUT2D eigenvalue weighted by molar-refractivity contribution is -0.148. The molecule has 0 spiro atoms. The average Bonchev–Trinajstić information content (AvgIpc) is 2.99. The maximum absolute atomic E-state index is 12.3. The molecule has 4 heteroatoms. The molecule has 0 bridgehead atoms. The minimum atomic E-state index is -0.323. The maximum Gasteiger partial charge on any atom is 0.308 e. The number of hydrogen-bond acceptors (Lipinski definition) is 3. The quantitative estimate of drug-likeness (QED) is 0.779. The number of carbonyl (C=O) groups excluding carboxylic acids is 2. The molecule has 0 aliphatic heterocycles. The van der Waals surface area contributed by atoms with Crippen LogP contribution < -0.4 is 5.32 Å². The lowest BCUT2D eigenvalue weighted by atomic mass is 10.0. The molecule has 0 aromatic heterocycles. The van der Waals surface area contributed by atoms with E-state index < -0.39 is 0 Å². The normalized spacial score (nSPS) is 16.3. The molecule has 1 amide bonds. The number of amides is 1. The molecule has 1 N–H and O–H groups in total. The second-order valence-electron chi connectivity index (χ2n) is 6.63. The molecule has 1 fully saturated rings. The van der Waals surface area contributed by atoms with Gasteiger partial charge < -0.3 is 10.1 Å². The van der Waals surface area contributed by atoms with Crippen molar-refractivity contribution in [3.05, 3.63) is 35.9 Å². The molecule has 1 aliphatic rings. The van der Waals surface area contributed by atoms with Crippen LogP contribution in [0.5, 0.6) is 0 Å². The average molecular weight is 317 g/mol. The van der Waals surface area contributed by atoms with Crippen LogP contribution in [0.3, 0.4) is 0 Å². The summed E-state index contributed by atoms with van der Waals surface area (Å²) in [6.07, 6.45) is 5.30. The topological polar surface area (TPSA) is 55.4 Å². The van der Waals surface area contributed by atoms with Crippen LogP contribution in [-0.2, 0) is 14.3 Å². The third-order valence-electron chi connectivity index (χ3n) is 4.22. The largest absolute Gasteiger partial charge is 0.463 e. The summed E-state index contributed by atoms with van der Waals surface area (Å²) in [6.45, 7) is 3.65. The summed E-state index contributed by atoms with van der Waals surface area (Å²) in [5, 5.41) is 3.02. The third-order valence-corrected chi connectivity index (χ3v) is 4.22. The van der Waals surface area contributed by atoms with E-state index in [0.29, 0.717) is 12.3 Å². The van der Waals surface area contributed by atoms with Crippen LogP contribution in [-0.4, -0.2) is 18.0 Å². The number of nitrogens with one attached hydrogen (secondary N) is 1. The molecule has 0 heterocycles. The van der Waals surface area contributed by atoms with Gasteiger partial charge in [0.2, 0.25) is 5.91 Å². The standard InChI is InChI=1S/C19H27NO3/c1-14(2)23-19(22)13-17(16-10-4-3-5-11-16)20-18(21)12-15-8-6-7-9-15/h3-5,10-11,14-15,17H,6-9,12-13H2,1-2H3,(H,20,21). The summed E-state index contributed by atoms with van der Waals surface area (Å²) in [5.74, 6) is 0.243. The predicted molar refractivity (Wildman–Crippen MR) is 89.7 cm³/mol. The van der Waals surface area contributed by atoms with Crippen LogP contribution in [0.1, 0.15) is 64.0 Å². The van der Waals surface area contributed by atoms with Gasteiger partial charge in [-0.15, -0.1) is 0 Å². The van der Waals surface area contributed by atoms with E-state index in [4.69, 9.17) is 4.74 Å². The summed E-state index contributed by atoms with van der Waals surface area (Å²) in [4.78, 5) is 24.3. The Morgan fingerprint density at radius 1 is 1.17 bits per heavy atom. The molecule has 1 unspecified atom stereocenters. The fraction of sp³-hybridized carbons (Fsp3) is 0.579. The predicted octanol–water partition coefficient (Wildman–Crippen LogP) is 3.77. The summed E-state index contributed by atoms with van der Waals surface area (Å²) in [5.41, 5.74) is 0.938. The van der Waals surface area contributed by atoms with Gasteiger partial charge in [0.25, 0.3) is 0 Å². The van der Waals surface area contributed by atoms with Crippen LogP contribution in [0.4, 0.5) is 0 Å². The van der Waals surface area contributed by atoms with Gasteiger partial charge >= 0.3 is 5.97 Å². The van der Waals surface area contributed by atoms with Crippen LogP contribution in [0, 0.1) is 5.92 Å². The number of carbonyl (C=O) groups is 2. The molecule has 0 saturated heterocycles. The van der Waals surface area contributed by atoms with Crippen molar-refractivity contribution in [2.24, 2.45) is 5.92 Å². The van der Waals surface area contributed by atoms with E-state index in [1.54, 1.807) is 0 Å². The zero-order chi connectivity index (χ0) is 16.7. The Labute approximate surface area is 138 Å². The Bertz CT molecular complexity index is 507. The molecule has 1 aromatic carbocycles. The molecular formula is C19H27NO3. The molecular weight excluding hydrogens is 290 g/mol. The van der Waals surface area contributed by atoms with Crippen molar-refractivity contribution in [1.82, 2.24) is 5.32 Å². The highest BCUT2D eigenvalue weighted by molar-refractivity contribution is 5.78. The highest BCUT2D eigenvalue weighted by Gasteiger charge is 2.23. The maximum atomic E-state index is 12.3. The number of esters is 1. The minimum absolute atomic E-state index is 0.0306. The van der Waals surface area contributed by atoms with Crippen molar-refractivity contribution in [2.45, 2.75) is 64.5 Å². The Kier molecular flexibility index (Phi) is 6.63. The monoisotopic (exact) mass is 317 g/mol. The van der Waals surface area contributed by atoms with Gasteiger partial charge in [-0.1, -0.05) is 43.2 Å².